The molecule has 0 spiro atoms. The van der Waals surface area contributed by atoms with E-state index in [1.807, 2.05) is 18.2 Å². The van der Waals surface area contributed by atoms with Crippen molar-refractivity contribution in [1.82, 2.24) is 4.90 Å². The van der Waals surface area contributed by atoms with Gasteiger partial charge in [-0.15, -0.1) is 0 Å². The summed E-state index contributed by atoms with van der Waals surface area (Å²) in [7, 11) is 0. The van der Waals surface area contributed by atoms with E-state index in [2.05, 4.69) is 11.8 Å². The van der Waals surface area contributed by atoms with Gasteiger partial charge in [0, 0.05) is 0 Å². The zero-order chi connectivity index (χ0) is 13.9. The van der Waals surface area contributed by atoms with E-state index in [1.165, 1.54) is 12.8 Å². The predicted molar refractivity (Wildman–Crippen MR) is 76.4 cm³/mol. The number of hydrogen-bond acceptors (Lipinski definition) is 4. The van der Waals surface area contributed by atoms with Gasteiger partial charge in [-0.25, -0.2) is 0 Å². The summed E-state index contributed by atoms with van der Waals surface area (Å²) in [6, 6.07) is 5.56. The largest absolute Gasteiger partial charge is 0.454 e. The van der Waals surface area contributed by atoms with E-state index in [1.54, 1.807) is 0 Å². The number of ether oxygens (including phenoxy) is 2. The van der Waals surface area contributed by atoms with Gasteiger partial charge < -0.3 is 9.47 Å². The summed E-state index contributed by atoms with van der Waals surface area (Å²) in [6.07, 6.45) is 4.31. The van der Waals surface area contributed by atoms with E-state index in [0.29, 0.717) is 17.1 Å². The highest BCUT2D eigenvalue weighted by molar-refractivity contribution is 6.03. The second kappa shape index (κ2) is 5.83. The van der Waals surface area contributed by atoms with Crippen LogP contribution in [-0.4, -0.2) is 36.6 Å². The van der Waals surface area contributed by atoms with Crippen LogP contribution in [0.1, 0.15) is 43.0 Å². The SMILES string of the molecule is CCC[C@@H](C(=O)c1cccc2c1OCO2)N1CCCC1. The Morgan fingerprint density at radius 1 is 1.30 bits per heavy atom. The lowest BCUT2D eigenvalue weighted by Gasteiger charge is -2.26. The zero-order valence-corrected chi connectivity index (χ0v) is 11.9. The fourth-order valence-corrected chi connectivity index (χ4v) is 3.11. The third-order valence-electron chi connectivity index (χ3n) is 4.11. The molecule has 1 aromatic carbocycles. The molecule has 0 aromatic heterocycles. The zero-order valence-electron chi connectivity index (χ0n) is 11.9. The minimum Gasteiger partial charge on any atom is -0.454 e. The van der Waals surface area contributed by atoms with Crippen molar-refractivity contribution in [3.05, 3.63) is 23.8 Å². The molecule has 1 atom stereocenters. The lowest BCUT2D eigenvalue weighted by atomic mass is 9.98. The average Bonchev–Trinajstić information content (AvgIpc) is 3.14. The number of benzene rings is 1. The maximum absolute atomic E-state index is 12.9. The summed E-state index contributed by atoms with van der Waals surface area (Å²) in [5.74, 6) is 1.49. The number of ketones is 1. The lowest BCUT2D eigenvalue weighted by molar-refractivity contribution is 0.0832. The first-order chi connectivity index (χ1) is 9.81. The highest BCUT2D eigenvalue weighted by Gasteiger charge is 2.31. The van der Waals surface area contributed by atoms with Gasteiger partial charge in [-0.05, 0) is 44.5 Å². The van der Waals surface area contributed by atoms with Crippen LogP contribution in [0.25, 0.3) is 0 Å². The van der Waals surface area contributed by atoms with Crippen molar-refractivity contribution in [2.75, 3.05) is 19.9 Å². The maximum atomic E-state index is 12.9. The number of likely N-dealkylation sites (tertiary alicyclic amines) is 1. The molecular weight excluding hydrogens is 254 g/mol. The molecular formula is C16H21NO3. The van der Waals surface area contributed by atoms with Crippen molar-refractivity contribution in [3.63, 3.8) is 0 Å². The van der Waals surface area contributed by atoms with Crippen molar-refractivity contribution in [1.29, 1.82) is 0 Å². The summed E-state index contributed by atoms with van der Waals surface area (Å²) >= 11 is 0. The molecule has 0 unspecified atom stereocenters. The Hall–Kier alpha value is -1.55. The number of carbonyl (C=O) groups is 1. The van der Waals surface area contributed by atoms with Crippen molar-refractivity contribution >= 4 is 5.78 Å². The van der Waals surface area contributed by atoms with Crippen LogP contribution in [0.4, 0.5) is 0 Å². The maximum Gasteiger partial charge on any atom is 0.231 e. The lowest BCUT2D eigenvalue weighted by Crippen LogP contribution is -2.39. The van der Waals surface area contributed by atoms with Gasteiger partial charge in [-0.2, -0.15) is 0 Å². The van der Waals surface area contributed by atoms with E-state index in [9.17, 15) is 4.79 Å². The fraction of sp³-hybridized carbons (Fsp3) is 0.562. The van der Waals surface area contributed by atoms with Crippen LogP contribution in [0, 0.1) is 0 Å². The molecule has 20 heavy (non-hydrogen) atoms. The molecule has 2 heterocycles. The van der Waals surface area contributed by atoms with Gasteiger partial charge in [0.2, 0.25) is 6.79 Å². The van der Waals surface area contributed by atoms with Crippen molar-refractivity contribution < 1.29 is 14.3 Å². The quantitative estimate of drug-likeness (QED) is 0.775. The van der Waals surface area contributed by atoms with Crippen molar-refractivity contribution in [2.24, 2.45) is 0 Å². The van der Waals surface area contributed by atoms with Crippen LogP contribution < -0.4 is 9.47 Å². The van der Waals surface area contributed by atoms with Crippen LogP contribution in [0.5, 0.6) is 11.5 Å². The van der Waals surface area contributed by atoms with Gasteiger partial charge in [-0.1, -0.05) is 19.4 Å². The molecule has 1 aromatic rings. The van der Waals surface area contributed by atoms with Gasteiger partial charge in [0.05, 0.1) is 11.6 Å². The van der Waals surface area contributed by atoms with Gasteiger partial charge in [-0.3, -0.25) is 9.69 Å². The van der Waals surface area contributed by atoms with Gasteiger partial charge in [0.25, 0.3) is 0 Å². The molecule has 3 rings (SSSR count). The Kier molecular flexibility index (Phi) is 3.92. The van der Waals surface area contributed by atoms with Gasteiger partial charge in [0.1, 0.15) is 0 Å². The standard InChI is InChI=1S/C16H21NO3/c1-2-6-13(17-9-3-4-10-17)15(18)12-7-5-8-14-16(12)20-11-19-14/h5,7-8,13H,2-4,6,9-11H2,1H3/t13-/m0/s1. The Bertz CT molecular complexity index is 494. The number of hydrogen-bond donors (Lipinski definition) is 0. The second-order valence-electron chi connectivity index (χ2n) is 5.45. The third kappa shape index (κ3) is 2.40. The Labute approximate surface area is 119 Å². The molecule has 0 radical (unpaired) electrons. The minimum absolute atomic E-state index is 0.0156. The van der Waals surface area contributed by atoms with Crippen molar-refractivity contribution in [3.8, 4) is 11.5 Å². The van der Waals surface area contributed by atoms with Gasteiger partial charge >= 0.3 is 0 Å². The van der Waals surface area contributed by atoms with Gasteiger partial charge in [0.15, 0.2) is 17.3 Å². The number of nitrogens with zero attached hydrogens (tertiary/aromatic N) is 1. The number of fused-ring (bicyclic) bond motifs is 1. The molecule has 0 aliphatic carbocycles. The summed E-state index contributed by atoms with van der Waals surface area (Å²) in [6.45, 7) is 4.40. The molecule has 0 amide bonds. The normalized spacial score (nSPS) is 19.2. The highest BCUT2D eigenvalue weighted by atomic mass is 16.7. The summed E-state index contributed by atoms with van der Waals surface area (Å²) in [5.41, 5.74) is 0.672. The molecule has 0 N–H and O–H groups in total. The number of Topliss-reactive ketones (excluding diaryl/α,β-unsaturated/α-hetero) is 1. The van der Waals surface area contributed by atoms with Crippen molar-refractivity contribution in [2.45, 2.75) is 38.6 Å². The fourth-order valence-electron chi connectivity index (χ4n) is 3.11. The molecule has 4 heteroatoms. The van der Waals surface area contributed by atoms with E-state index in [0.717, 1.165) is 25.9 Å². The number of rotatable bonds is 5. The summed E-state index contributed by atoms with van der Waals surface area (Å²) in [5, 5.41) is 0. The first-order valence-corrected chi connectivity index (χ1v) is 7.48. The van der Waals surface area contributed by atoms with E-state index in [-0.39, 0.29) is 18.6 Å². The number of para-hydroxylation sites is 1. The molecule has 4 nitrogen and oxygen atoms in total. The molecule has 2 aliphatic rings. The molecule has 0 saturated carbocycles. The Morgan fingerprint density at radius 2 is 2.10 bits per heavy atom. The van der Waals surface area contributed by atoms with Crippen LogP contribution in [0.2, 0.25) is 0 Å². The van der Waals surface area contributed by atoms with E-state index in [4.69, 9.17) is 9.47 Å². The highest BCUT2D eigenvalue weighted by Crippen LogP contribution is 2.36. The summed E-state index contributed by atoms with van der Waals surface area (Å²) < 4.78 is 10.8. The molecule has 2 aliphatic heterocycles. The van der Waals surface area contributed by atoms with Crippen LogP contribution in [0.15, 0.2) is 18.2 Å². The predicted octanol–water partition coefficient (Wildman–Crippen LogP) is 2.86. The van der Waals surface area contributed by atoms with E-state index >= 15 is 0 Å². The van der Waals surface area contributed by atoms with Crippen LogP contribution in [0.3, 0.4) is 0 Å². The Balaban J connectivity index is 1.87. The van der Waals surface area contributed by atoms with Crippen LogP contribution >= 0.6 is 0 Å². The molecule has 1 fully saturated rings. The summed E-state index contributed by atoms with van der Waals surface area (Å²) in [4.78, 5) is 15.2. The topological polar surface area (TPSA) is 38.8 Å². The second-order valence-corrected chi connectivity index (χ2v) is 5.45. The first-order valence-electron chi connectivity index (χ1n) is 7.48. The smallest absolute Gasteiger partial charge is 0.231 e. The average molecular weight is 275 g/mol. The molecule has 0 bridgehead atoms. The van der Waals surface area contributed by atoms with Crippen LogP contribution in [-0.2, 0) is 0 Å². The minimum atomic E-state index is -0.0156. The first kappa shape index (κ1) is 13.4. The third-order valence-corrected chi connectivity index (χ3v) is 4.11. The molecule has 108 valence electrons. The van der Waals surface area contributed by atoms with E-state index < -0.39 is 0 Å². The molecule has 1 saturated heterocycles. The monoisotopic (exact) mass is 275 g/mol. The number of carbonyl (C=O) groups excluding carboxylic acids is 1. The Morgan fingerprint density at radius 3 is 2.85 bits per heavy atom.